The van der Waals surface area contributed by atoms with Crippen LogP contribution in [0.2, 0.25) is 0 Å². The number of guanidine groups is 1. The fourth-order valence-corrected chi connectivity index (χ4v) is 2.35. The van der Waals surface area contributed by atoms with E-state index in [0.29, 0.717) is 12.6 Å². The Morgan fingerprint density at radius 1 is 1.15 bits per heavy atom. The molecule has 0 saturated heterocycles. The molecule has 0 heterocycles. The Morgan fingerprint density at radius 3 is 2.46 bits per heavy atom. The number of halogens is 1. The molecule has 6 heteroatoms. The van der Waals surface area contributed by atoms with E-state index in [1.54, 1.807) is 0 Å². The summed E-state index contributed by atoms with van der Waals surface area (Å²) in [5, 5.41) is 6.69. The number of aliphatic imine (C=N–C) groups is 1. The maximum Gasteiger partial charge on any atom is 0.191 e. The number of ether oxygens (including phenoxy) is 1. The Hall–Kier alpha value is -0.860. The lowest BCUT2D eigenvalue weighted by Crippen LogP contribution is -2.38. The predicted molar refractivity (Wildman–Crippen MR) is 122 cm³/mol. The van der Waals surface area contributed by atoms with Gasteiger partial charge in [-0.15, -0.1) is 24.0 Å². The van der Waals surface area contributed by atoms with Gasteiger partial charge in [0, 0.05) is 38.9 Å². The van der Waals surface area contributed by atoms with E-state index in [0.717, 1.165) is 45.2 Å². The maximum absolute atomic E-state index is 5.37. The van der Waals surface area contributed by atoms with Gasteiger partial charge in [0.25, 0.3) is 0 Å². The number of nitrogens with one attached hydrogen (secondary N) is 2. The van der Waals surface area contributed by atoms with Crippen molar-refractivity contribution in [3.8, 4) is 0 Å². The second-order valence-corrected chi connectivity index (χ2v) is 6.45. The lowest BCUT2D eigenvalue weighted by Gasteiger charge is -2.22. The van der Waals surface area contributed by atoms with Crippen molar-refractivity contribution < 1.29 is 4.74 Å². The van der Waals surface area contributed by atoms with Crippen LogP contribution in [0.3, 0.4) is 0 Å². The fourth-order valence-electron chi connectivity index (χ4n) is 2.35. The van der Waals surface area contributed by atoms with Gasteiger partial charge in [0.1, 0.15) is 0 Å². The van der Waals surface area contributed by atoms with Crippen LogP contribution >= 0.6 is 24.0 Å². The molecule has 0 aliphatic rings. The van der Waals surface area contributed by atoms with Crippen LogP contribution in [0, 0.1) is 0 Å². The van der Waals surface area contributed by atoms with Gasteiger partial charge in [0.2, 0.25) is 0 Å². The van der Waals surface area contributed by atoms with Crippen molar-refractivity contribution in [1.82, 2.24) is 15.5 Å². The minimum atomic E-state index is 0. The normalized spacial score (nSPS) is 11.6. The standard InChI is InChI=1S/C20H36N4O.HI/c1-6-21-20(22-13-10-14-25-7-2)23-15-18-11-8-9-12-19(18)16-24(5)17(3)4;/h8-9,11-12,17H,6-7,10,13-16H2,1-5H3,(H2,21,22,23);1H. The molecule has 0 unspecified atom stereocenters. The monoisotopic (exact) mass is 476 g/mol. The van der Waals surface area contributed by atoms with Gasteiger partial charge >= 0.3 is 0 Å². The second kappa shape index (κ2) is 15.2. The zero-order chi connectivity index (χ0) is 18.5. The minimum Gasteiger partial charge on any atom is -0.382 e. The number of nitrogens with zero attached hydrogens (tertiary/aromatic N) is 2. The summed E-state index contributed by atoms with van der Waals surface area (Å²) in [7, 11) is 2.16. The number of benzene rings is 1. The molecule has 0 bridgehead atoms. The maximum atomic E-state index is 5.37. The Balaban J connectivity index is 0.00000625. The lowest BCUT2D eigenvalue weighted by atomic mass is 10.1. The summed E-state index contributed by atoms with van der Waals surface area (Å²) >= 11 is 0. The van der Waals surface area contributed by atoms with E-state index in [9.17, 15) is 0 Å². The van der Waals surface area contributed by atoms with Gasteiger partial charge in [-0.05, 0) is 52.3 Å². The summed E-state index contributed by atoms with van der Waals surface area (Å²) in [6.07, 6.45) is 0.980. The Bertz CT molecular complexity index is 508. The summed E-state index contributed by atoms with van der Waals surface area (Å²) in [6, 6.07) is 9.10. The highest BCUT2D eigenvalue weighted by molar-refractivity contribution is 14.0. The highest BCUT2D eigenvalue weighted by atomic mass is 127. The lowest BCUT2D eigenvalue weighted by molar-refractivity contribution is 0.145. The molecule has 0 amide bonds. The first-order valence-corrected chi connectivity index (χ1v) is 9.45. The molecule has 0 atom stereocenters. The van der Waals surface area contributed by atoms with Crippen molar-refractivity contribution in [2.75, 3.05) is 33.4 Å². The van der Waals surface area contributed by atoms with Crippen LogP contribution in [0.1, 0.15) is 45.2 Å². The molecule has 1 aromatic carbocycles. The predicted octanol–water partition coefficient (Wildman–Crippen LogP) is 3.63. The average molecular weight is 476 g/mol. The molecule has 0 radical (unpaired) electrons. The largest absolute Gasteiger partial charge is 0.382 e. The van der Waals surface area contributed by atoms with Gasteiger partial charge in [-0.1, -0.05) is 24.3 Å². The smallest absolute Gasteiger partial charge is 0.191 e. The van der Waals surface area contributed by atoms with Gasteiger partial charge in [0.15, 0.2) is 5.96 Å². The van der Waals surface area contributed by atoms with Crippen LogP contribution in [0.5, 0.6) is 0 Å². The van der Waals surface area contributed by atoms with Crippen LogP contribution in [0.4, 0.5) is 0 Å². The van der Waals surface area contributed by atoms with E-state index >= 15 is 0 Å². The molecule has 0 saturated carbocycles. The van der Waals surface area contributed by atoms with Crippen LogP contribution in [0.25, 0.3) is 0 Å². The van der Waals surface area contributed by atoms with Crippen LogP contribution < -0.4 is 10.6 Å². The van der Waals surface area contributed by atoms with Gasteiger partial charge < -0.3 is 15.4 Å². The number of hydrogen-bond acceptors (Lipinski definition) is 3. The number of rotatable bonds is 11. The molecule has 2 N–H and O–H groups in total. The quantitative estimate of drug-likeness (QED) is 0.222. The van der Waals surface area contributed by atoms with Crippen molar-refractivity contribution in [3.63, 3.8) is 0 Å². The van der Waals surface area contributed by atoms with E-state index < -0.39 is 0 Å². The highest BCUT2D eigenvalue weighted by Gasteiger charge is 2.08. The summed E-state index contributed by atoms with van der Waals surface area (Å²) in [6.45, 7) is 13.5. The zero-order valence-electron chi connectivity index (χ0n) is 17.0. The molecule has 1 aromatic rings. The first-order valence-electron chi connectivity index (χ1n) is 9.45. The van der Waals surface area contributed by atoms with E-state index in [4.69, 9.17) is 9.73 Å². The highest BCUT2D eigenvalue weighted by Crippen LogP contribution is 2.13. The van der Waals surface area contributed by atoms with Crippen LogP contribution in [0.15, 0.2) is 29.3 Å². The van der Waals surface area contributed by atoms with E-state index in [1.807, 2.05) is 6.92 Å². The van der Waals surface area contributed by atoms with E-state index in [1.165, 1.54) is 11.1 Å². The van der Waals surface area contributed by atoms with E-state index in [2.05, 4.69) is 67.6 Å². The Morgan fingerprint density at radius 2 is 1.85 bits per heavy atom. The van der Waals surface area contributed by atoms with Crippen molar-refractivity contribution in [2.24, 2.45) is 4.99 Å². The van der Waals surface area contributed by atoms with Crippen molar-refractivity contribution in [1.29, 1.82) is 0 Å². The van der Waals surface area contributed by atoms with Gasteiger partial charge in [0.05, 0.1) is 6.54 Å². The fraction of sp³-hybridized carbons (Fsp3) is 0.650. The van der Waals surface area contributed by atoms with Crippen molar-refractivity contribution in [2.45, 2.75) is 53.2 Å². The first kappa shape index (κ1) is 25.1. The molecule has 0 fully saturated rings. The third kappa shape index (κ3) is 10.3. The van der Waals surface area contributed by atoms with E-state index in [-0.39, 0.29) is 24.0 Å². The molecule has 0 aliphatic carbocycles. The average Bonchev–Trinajstić information content (AvgIpc) is 2.60. The van der Waals surface area contributed by atoms with Gasteiger partial charge in [-0.2, -0.15) is 0 Å². The molecule has 150 valence electrons. The molecule has 1 rings (SSSR count). The molecule has 5 nitrogen and oxygen atoms in total. The topological polar surface area (TPSA) is 48.9 Å². The van der Waals surface area contributed by atoms with Crippen molar-refractivity contribution >= 4 is 29.9 Å². The molecule has 0 spiro atoms. The Kier molecular flexibility index (Phi) is 14.7. The molecule has 26 heavy (non-hydrogen) atoms. The molecular formula is C20H37IN4O. The summed E-state index contributed by atoms with van der Waals surface area (Å²) < 4.78 is 5.37. The molecule has 0 aromatic heterocycles. The Labute approximate surface area is 177 Å². The minimum absolute atomic E-state index is 0. The third-order valence-corrected chi connectivity index (χ3v) is 4.13. The first-order chi connectivity index (χ1) is 12.1. The second-order valence-electron chi connectivity index (χ2n) is 6.45. The molecule has 0 aliphatic heterocycles. The third-order valence-electron chi connectivity index (χ3n) is 4.13. The van der Waals surface area contributed by atoms with Gasteiger partial charge in [-0.3, -0.25) is 4.90 Å². The van der Waals surface area contributed by atoms with Gasteiger partial charge in [-0.25, -0.2) is 4.99 Å². The molecular weight excluding hydrogens is 439 g/mol. The summed E-state index contributed by atoms with van der Waals surface area (Å²) in [5.74, 6) is 0.867. The SMILES string of the molecule is CCNC(=NCc1ccccc1CN(C)C(C)C)NCCCOCC.I. The summed E-state index contributed by atoms with van der Waals surface area (Å²) in [5.41, 5.74) is 2.62. The number of hydrogen-bond donors (Lipinski definition) is 2. The van der Waals surface area contributed by atoms with Crippen LogP contribution in [-0.2, 0) is 17.8 Å². The summed E-state index contributed by atoms with van der Waals surface area (Å²) in [4.78, 5) is 7.10. The van der Waals surface area contributed by atoms with Crippen molar-refractivity contribution in [3.05, 3.63) is 35.4 Å². The zero-order valence-corrected chi connectivity index (χ0v) is 19.4. The van der Waals surface area contributed by atoms with Crippen LogP contribution in [-0.4, -0.2) is 50.3 Å².